The van der Waals surface area contributed by atoms with Gasteiger partial charge in [0.05, 0.1) is 16.6 Å². The van der Waals surface area contributed by atoms with E-state index in [2.05, 4.69) is 15.2 Å². The number of H-pyrrole nitrogens is 1. The zero-order valence-corrected chi connectivity index (χ0v) is 16.0. The molecule has 3 heterocycles. The SMILES string of the molecule is c1ccc(-c2nc(Sc3n[nH]c4nc5ccccc5n34)c3ccccc3n2)cc1. The number of fused-ring (bicyclic) bond motifs is 4. The van der Waals surface area contributed by atoms with E-state index in [1.807, 2.05) is 83.3 Å². The largest absolute Gasteiger partial charge is 0.254 e. The Morgan fingerprint density at radius 2 is 1.48 bits per heavy atom. The van der Waals surface area contributed by atoms with Crippen molar-refractivity contribution in [3.8, 4) is 11.4 Å². The zero-order chi connectivity index (χ0) is 19.2. The fourth-order valence-electron chi connectivity index (χ4n) is 3.44. The molecule has 1 N–H and O–H groups in total. The molecule has 0 saturated heterocycles. The molecule has 6 aromatic rings. The van der Waals surface area contributed by atoms with Gasteiger partial charge in [-0.1, -0.05) is 60.7 Å². The summed E-state index contributed by atoms with van der Waals surface area (Å²) < 4.78 is 2.03. The molecule has 6 rings (SSSR count). The van der Waals surface area contributed by atoms with Crippen LogP contribution < -0.4 is 0 Å². The number of hydrogen-bond donors (Lipinski definition) is 1. The molecule has 0 amide bonds. The summed E-state index contributed by atoms with van der Waals surface area (Å²) in [6, 6.07) is 26.1. The molecule has 29 heavy (non-hydrogen) atoms. The second kappa shape index (κ2) is 6.42. The van der Waals surface area contributed by atoms with Crippen LogP contribution in [0.1, 0.15) is 0 Å². The van der Waals surface area contributed by atoms with Gasteiger partial charge in [-0.2, -0.15) is 0 Å². The second-order valence-electron chi connectivity index (χ2n) is 6.60. The molecule has 0 unspecified atom stereocenters. The van der Waals surface area contributed by atoms with Gasteiger partial charge in [-0.25, -0.2) is 20.1 Å². The first-order chi connectivity index (χ1) is 14.4. The third-order valence-electron chi connectivity index (χ3n) is 4.79. The summed E-state index contributed by atoms with van der Waals surface area (Å²) in [7, 11) is 0. The van der Waals surface area contributed by atoms with E-state index in [1.54, 1.807) is 0 Å². The first kappa shape index (κ1) is 16.3. The van der Waals surface area contributed by atoms with E-state index < -0.39 is 0 Å². The van der Waals surface area contributed by atoms with Gasteiger partial charge in [0, 0.05) is 10.9 Å². The average molecular weight is 394 g/mol. The van der Waals surface area contributed by atoms with E-state index in [1.165, 1.54) is 11.8 Å². The van der Waals surface area contributed by atoms with Crippen molar-refractivity contribution in [1.82, 2.24) is 29.5 Å². The number of aromatic amines is 1. The number of hydrogen-bond acceptors (Lipinski definition) is 5. The fraction of sp³-hybridized carbons (Fsp3) is 0. The van der Waals surface area contributed by atoms with Gasteiger partial charge in [-0.05, 0) is 30.0 Å². The van der Waals surface area contributed by atoms with E-state index in [9.17, 15) is 0 Å². The van der Waals surface area contributed by atoms with Crippen LogP contribution in [0.4, 0.5) is 0 Å². The quantitative estimate of drug-likeness (QED) is 0.429. The van der Waals surface area contributed by atoms with Crippen molar-refractivity contribution in [3.05, 3.63) is 78.9 Å². The maximum atomic E-state index is 4.88. The molecule has 0 atom stereocenters. The van der Waals surface area contributed by atoms with Gasteiger partial charge in [-0.3, -0.25) is 4.40 Å². The fourth-order valence-corrected chi connectivity index (χ4v) is 4.39. The summed E-state index contributed by atoms with van der Waals surface area (Å²) in [5, 5.41) is 10.2. The van der Waals surface area contributed by atoms with Crippen molar-refractivity contribution in [2.75, 3.05) is 0 Å². The number of rotatable bonds is 3. The predicted octanol–water partition coefficient (Wildman–Crippen LogP) is 4.97. The lowest BCUT2D eigenvalue weighted by atomic mass is 10.2. The van der Waals surface area contributed by atoms with E-state index in [0.717, 1.165) is 43.5 Å². The normalized spacial score (nSPS) is 11.6. The van der Waals surface area contributed by atoms with Crippen LogP contribution in [0.15, 0.2) is 89.0 Å². The molecule has 0 fully saturated rings. The standard InChI is InChI=1S/C22H14N6S/c1-2-8-14(9-3-1)19-23-16-11-5-4-10-15(16)20(25-19)29-22-27-26-21-24-17-12-6-7-13-18(17)28(21)22/h1-13H,(H,24,26). The van der Waals surface area contributed by atoms with Crippen molar-refractivity contribution in [2.24, 2.45) is 0 Å². The van der Waals surface area contributed by atoms with Crippen LogP contribution in [-0.4, -0.2) is 29.5 Å². The maximum absolute atomic E-state index is 4.88. The molecule has 0 aliphatic carbocycles. The lowest BCUT2D eigenvalue weighted by molar-refractivity contribution is 0.936. The highest BCUT2D eigenvalue weighted by Crippen LogP contribution is 2.33. The maximum Gasteiger partial charge on any atom is 0.231 e. The van der Waals surface area contributed by atoms with Crippen LogP contribution in [0.25, 0.3) is 39.1 Å². The lowest BCUT2D eigenvalue weighted by Crippen LogP contribution is -1.95. The monoisotopic (exact) mass is 394 g/mol. The molecule has 6 nitrogen and oxygen atoms in total. The van der Waals surface area contributed by atoms with Crippen molar-refractivity contribution in [1.29, 1.82) is 0 Å². The molecule has 0 radical (unpaired) electrons. The zero-order valence-electron chi connectivity index (χ0n) is 15.1. The molecule has 0 saturated carbocycles. The summed E-state index contributed by atoms with van der Waals surface area (Å²) in [6.45, 7) is 0. The summed E-state index contributed by atoms with van der Waals surface area (Å²) in [5.41, 5.74) is 3.84. The Labute approximate surface area is 169 Å². The Morgan fingerprint density at radius 3 is 2.38 bits per heavy atom. The van der Waals surface area contributed by atoms with E-state index in [-0.39, 0.29) is 0 Å². The molecular weight excluding hydrogens is 380 g/mol. The van der Waals surface area contributed by atoms with Gasteiger partial charge in [0.1, 0.15) is 5.03 Å². The number of nitrogens with zero attached hydrogens (tertiary/aromatic N) is 5. The molecule has 138 valence electrons. The van der Waals surface area contributed by atoms with Crippen LogP contribution in [-0.2, 0) is 0 Å². The molecule has 3 aromatic carbocycles. The van der Waals surface area contributed by atoms with Gasteiger partial charge < -0.3 is 0 Å². The molecule has 3 aromatic heterocycles. The van der Waals surface area contributed by atoms with Gasteiger partial charge in [0.2, 0.25) is 10.9 Å². The highest BCUT2D eigenvalue weighted by atomic mass is 32.2. The Kier molecular flexibility index (Phi) is 3.60. The van der Waals surface area contributed by atoms with Crippen LogP contribution in [0.2, 0.25) is 0 Å². The number of imidazole rings is 1. The first-order valence-corrected chi connectivity index (χ1v) is 10.00. The van der Waals surface area contributed by atoms with E-state index in [0.29, 0.717) is 5.82 Å². The van der Waals surface area contributed by atoms with E-state index >= 15 is 0 Å². The minimum absolute atomic E-state index is 0.703. The van der Waals surface area contributed by atoms with E-state index in [4.69, 9.17) is 9.97 Å². The van der Waals surface area contributed by atoms with Gasteiger partial charge >= 0.3 is 0 Å². The molecule has 0 aliphatic heterocycles. The lowest BCUT2D eigenvalue weighted by Gasteiger charge is -2.08. The van der Waals surface area contributed by atoms with Crippen molar-refractivity contribution >= 4 is 39.5 Å². The number of aromatic nitrogens is 6. The second-order valence-corrected chi connectivity index (χ2v) is 7.56. The molecule has 7 heteroatoms. The Balaban J connectivity index is 1.55. The smallest absolute Gasteiger partial charge is 0.231 e. The summed E-state index contributed by atoms with van der Waals surface area (Å²) >= 11 is 1.51. The topological polar surface area (TPSA) is 71.8 Å². The third-order valence-corrected chi connectivity index (χ3v) is 5.75. The summed E-state index contributed by atoms with van der Waals surface area (Å²) in [5.74, 6) is 1.42. The third kappa shape index (κ3) is 2.67. The van der Waals surface area contributed by atoms with Crippen molar-refractivity contribution in [2.45, 2.75) is 10.2 Å². The number of nitrogens with one attached hydrogen (secondary N) is 1. The summed E-state index contributed by atoms with van der Waals surface area (Å²) in [4.78, 5) is 14.3. The van der Waals surface area contributed by atoms with Gasteiger partial charge in [0.25, 0.3) is 0 Å². The summed E-state index contributed by atoms with van der Waals surface area (Å²) in [6.07, 6.45) is 0. The minimum atomic E-state index is 0.703. The van der Waals surface area contributed by atoms with Crippen LogP contribution in [0.5, 0.6) is 0 Å². The molecule has 0 aliphatic rings. The molecule has 0 spiro atoms. The average Bonchev–Trinajstić information content (AvgIpc) is 3.34. The highest BCUT2D eigenvalue weighted by Gasteiger charge is 2.16. The van der Waals surface area contributed by atoms with Crippen LogP contribution in [0, 0.1) is 0 Å². The Bertz CT molecular complexity index is 1490. The van der Waals surface area contributed by atoms with Crippen LogP contribution >= 0.6 is 11.8 Å². The predicted molar refractivity (Wildman–Crippen MR) is 114 cm³/mol. The van der Waals surface area contributed by atoms with Crippen LogP contribution in [0.3, 0.4) is 0 Å². The number of benzene rings is 3. The molecule has 0 bridgehead atoms. The highest BCUT2D eigenvalue weighted by molar-refractivity contribution is 7.99. The number of para-hydroxylation sites is 3. The Morgan fingerprint density at radius 1 is 0.724 bits per heavy atom. The minimum Gasteiger partial charge on any atom is -0.254 e. The molecular formula is C22H14N6S. The Hall–Kier alpha value is -3.71. The van der Waals surface area contributed by atoms with Gasteiger partial charge in [0.15, 0.2) is 5.82 Å². The van der Waals surface area contributed by atoms with Gasteiger partial charge in [-0.15, -0.1) is 5.10 Å². The van der Waals surface area contributed by atoms with Crippen molar-refractivity contribution in [3.63, 3.8) is 0 Å². The van der Waals surface area contributed by atoms with Crippen molar-refractivity contribution < 1.29 is 0 Å². The first-order valence-electron chi connectivity index (χ1n) is 9.18.